The zero-order valence-corrected chi connectivity index (χ0v) is 20.6. The largest absolute Gasteiger partial charge is 0.497 e. The van der Waals surface area contributed by atoms with Gasteiger partial charge < -0.3 is 24.8 Å². The Morgan fingerprint density at radius 3 is 2.48 bits per heavy atom. The number of ether oxygens (including phenoxy) is 1. The van der Waals surface area contributed by atoms with E-state index in [2.05, 4.69) is 56.3 Å². The highest BCUT2D eigenvalue weighted by molar-refractivity contribution is 14.0. The Kier molecular flexibility index (Phi) is 10.5. The molecule has 1 atom stereocenters. The Morgan fingerprint density at radius 2 is 1.83 bits per heavy atom. The first-order valence-electron chi connectivity index (χ1n) is 10.7. The molecule has 2 aliphatic rings. The molecule has 0 saturated carbocycles. The van der Waals surface area contributed by atoms with Crippen molar-refractivity contribution in [3.05, 3.63) is 29.8 Å². The normalized spacial score (nSPS) is 21.1. The average Bonchev–Trinajstić information content (AvgIpc) is 3.22. The molecule has 0 aromatic heterocycles. The zero-order valence-electron chi connectivity index (χ0n) is 18.3. The van der Waals surface area contributed by atoms with Crippen LogP contribution >= 0.6 is 24.0 Å². The van der Waals surface area contributed by atoms with Crippen molar-refractivity contribution < 1.29 is 4.74 Å². The van der Waals surface area contributed by atoms with Gasteiger partial charge in [-0.1, -0.05) is 12.1 Å². The van der Waals surface area contributed by atoms with Gasteiger partial charge in [-0.05, 0) is 50.6 Å². The lowest BCUT2D eigenvalue weighted by Gasteiger charge is -2.32. The Morgan fingerprint density at radius 1 is 1.10 bits per heavy atom. The van der Waals surface area contributed by atoms with E-state index in [0.29, 0.717) is 5.92 Å². The number of nitrogens with zero attached hydrogens (tertiary/aromatic N) is 4. The van der Waals surface area contributed by atoms with Gasteiger partial charge in [0.1, 0.15) is 5.75 Å². The highest BCUT2D eigenvalue weighted by Crippen LogP contribution is 2.28. The number of methoxy groups -OCH3 is 1. The van der Waals surface area contributed by atoms with Crippen molar-refractivity contribution >= 4 is 29.9 Å². The van der Waals surface area contributed by atoms with Crippen molar-refractivity contribution in [2.75, 3.05) is 73.6 Å². The topological polar surface area (TPSA) is 43.3 Å². The number of piperazine rings is 1. The van der Waals surface area contributed by atoms with E-state index < -0.39 is 0 Å². The van der Waals surface area contributed by atoms with Gasteiger partial charge in [-0.2, -0.15) is 0 Å². The van der Waals surface area contributed by atoms with Gasteiger partial charge in [-0.25, -0.2) is 0 Å². The summed E-state index contributed by atoms with van der Waals surface area (Å²) in [6.07, 6.45) is 3.62. The third kappa shape index (κ3) is 7.29. The fraction of sp³-hybridized carbons (Fsp3) is 0.682. The van der Waals surface area contributed by atoms with Gasteiger partial charge in [0.25, 0.3) is 0 Å². The summed E-state index contributed by atoms with van der Waals surface area (Å²) in [6.45, 7) is 9.16. The van der Waals surface area contributed by atoms with Gasteiger partial charge in [0, 0.05) is 58.8 Å². The lowest BCUT2D eigenvalue weighted by atomic mass is 9.98. The molecule has 0 aliphatic carbocycles. The van der Waals surface area contributed by atoms with Crippen LogP contribution in [0, 0.1) is 0 Å². The predicted octanol–water partition coefficient (Wildman–Crippen LogP) is 2.71. The summed E-state index contributed by atoms with van der Waals surface area (Å²) in [5.41, 5.74) is 1.39. The lowest BCUT2D eigenvalue weighted by molar-refractivity contribution is 0.152. The van der Waals surface area contributed by atoms with Crippen LogP contribution < -0.4 is 10.1 Å². The van der Waals surface area contributed by atoms with Crippen LogP contribution in [0.5, 0.6) is 5.75 Å². The second-order valence-corrected chi connectivity index (χ2v) is 8.03. The summed E-state index contributed by atoms with van der Waals surface area (Å²) in [5.74, 6) is 2.55. The first kappa shape index (κ1) is 24.2. The summed E-state index contributed by atoms with van der Waals surface area (Å²) in [6, 6.07) is 8.51. The maximum Gasteiger partial charge on any atom is 0.193 e. The van der Waals surface area contributed by atoms with E-state index >= 15 is 0 Å². The molecule has 0 amide bonds. The molecule has 0 bridgehead atoms. The van der Waals surface area contributed by atoms with Gasteiger partial charge in [0.15, 0.2) is 5.96 Å². The van der Waals surface area contributed by atoms with E-state index in [1.807, 2.05) is 7.05 Å². The molecule has 1 aromatic rings. The van der Waals surface area contributed by atoms with Crippen LogP contribution in [0.25, 0.3) is 0 Å². The second kappa shape index (κ2) is 12.6. The van der Waals surface area contributed by atoms with Crippen LogP contribution in [0.1, 0.15) is 30.7 Å². The molecule has 2 heterocycles. The summed E-state index contributed by atoms with van der Waals surface area (Å²) >= 11 is 0. The van der Waals surface area contributed by atoms with Gasteiger partial charge in [0.05, 0.1) is 7.11 Å². The highest BCUT2D eigenvalue weighted by Gasteiger charge is 2.26. The number of rotatable bonds is 7. The van der Waals surface area contributed by atoms with Crippen molar-refractivity contribution in [1.29, 1.82) is 0 Å². The number of unbranched alkanes of at least 4 members (excludes halogenated alkanes) is 1. The quantitative estimate of drug-likeness (QED) is 0.262. The van der Waals surface area contributed by atoms with E-state index in [4.69, 9.17) is 4.74 Å². The Balaban J connectivity index is 0.00000300. The molecule has 0 spiro atoms. The van der Waals surface area contributed by atoms with Crippen molar-refractivity contribution in [2.45, 2.75) is 25.2 Å². The standard InChI is InChI=1S/C22H37N5O.HI/c1-23-22(24-11-4-5-12-26-16-14-25(2)15-17-26)27-13-10-20(18-27)19-6-8-21(28-3)9-7-19;/h6-9,20H,4-5,10-18H2,1-3H3,(H,23,24);1H. The number of hydrogen-bond acceptors (Lipinski definition) is 4. The molecule has 3 rings (SSSR count). The molecular weight excluding hydrogens is 477 g/mol. The smallest absolute Gasteiger partial charge is 0.193 e. The number of halogens is 1. The number of likely N-dealkylation sites (tertiary alicyclic amines) is 1. The van der Waals surface area contributed by atoms with E-state index in [1.165, 1.54) is 57.5 Å². The number of nitrogens with one attached hydrogen (secondary N) is 1. The summed E-state index contributed by atoms with van der Waals surface area (Å²) in [7, 11) is 5.82. The fourth-order valence-corrected chi connectivity index (χ4v) is 4.17. The first-order valence-corrected chi connectivity index (χ1v) is 10.7. The van der Waals surface area contributed by atoms with Crippen LogP contribution in [0.3, 0.4) is 0 Å². The minimum Gasteiger partial charge on any atom is -0.497 e. The zero-order chi connectivity index (χ0) is 19.8. The van der Waals surface area contributed by atoms with Crippen LogP contribution in [0.15, 0.2) is 29.3 Å². The fourth-order valence-electron chi connectivity index (χ4n) is 4.17. The molecule has 1 unspecified atom stereocenters. The molecule has 0 radical (unpaired) electrons. The van der Waals surface area contributed by atoms with Crippen molar-refractivity contribution in [1.82, 2.24) is 20.0 Å². The Bertz CT molecular complexity index is 616. The van der Waals surface area contributed by atoms with Crippen LogP contribution in [-0.2, 0) is 0 Å². The van der Waals surface area contributed by atoms with Crippen LogP contribution in [0.2, 0.25) is 0 Å². The number of hydrogen-bond donors (Lipinski definition) is 1. The van der Waals surface area contributed by atoms with Crippen molar-refractivity contribution in [3.8, 4) is 5.75 Å². The van der Waals surface area contributed by atoms with Crippen LogP contribution in [-0.4, -0.2) is 94.2 Å². The van der Waals surface area contributed by atoms with Crippen molar-refractivity contribution in [2.24, 2.45) is 4.99 Å². The molecule has 29 heavy (non-hydrogen) atoms. The Labute approximate surface area is 193 Å². The van der Waals surface area contributed by atoms with Gasteiger partial charge in [-0.15, -0.1) is 24.0 Å². The molecule has 1 N–H and O–H groups in total. The van der Waals surface area contributed by atoms with E-state index in [9.17, 15) is 0 Å². The second-order valence-electron chi connectivity index (χ2n) is 8.03. The van der Waals surface area contributed by atoms with Gasteiger partial charge >= 0.3 is 0 Å². The molecule has 6 nitrogen and oxygen atoms in total. The average molecular weight is 515 g/mol. The summed E-state index contributed by atoms with van der Waals surface area (Å²) in [4.78, 5) is 11.9. The minimum absolute atomic E-state index is 0. The summed E-state index contributed by atoms with van der Waals surface area (Å²) < 4.78 is 5.27. The number of aliphatic imine (C=N–C) groups is 1. The molecule has 2 aliphatic heterocycles. The van der Waals surface area contributed by atoms with Crippen LogP contribution in [0.4, 0.5) is 0 Å². The molecule has 1 aromatic carbocycles. The molecular formula is C22H38IN5O. The monoisotopic (exact) mass is 515 g/mol. The number of benzene rings is 1. The lowest BCUT2D eigenvalue weighted by Crippen LogP contribution is -2.44. The third-order valence-electron chi connectivity index (χ3n) is 6.07. The summed E-state index contributed by atoms with van der Waals surface area (Å²) in [5, 5.41) is 3.58. The number of likely N-dealkylation sites (N-methyl/N-ethyl adjacent to an activating group) is 1. The molecule has 2 saturated heterocycles. The minimum atomic E-state index is 0. The molecule has 2 fully saturated rings. The highest BCUT2D eigenvalue weighted by atomic mass is 127. The van der Waals surface area contributed by atoms with Crippen molar-refractivity contribution in [3.63, 3.8) is 0 Å². The first-order chi connectivity index (χ1) is 13.7. The van der Waals surface area contributed by atoms with Gasteiger partial charge in [0.2, 0.25) is 0 Å². The SMILES string of the molecule is CN=C(NCCCCN1CCN(C)CC1)N1CCC(c2ccc(OC)cc2)C1.I. The third-order valence-corrected chi connectivity index (χ3v) is 6.07. The molecule has 7 heteroatoms. The van der Waals surface area contributed by atoms with E-state index in [0.717, 1.165) is 31.3 Å². The predicted molar refractivity (Wildman–Crippen MR) is 132 cm³/mol. The van der Waals surface area contributed by atoms with Gasteiger partial charge in [-0.3, -0.25) is 4.99 Å². The maximum absolute atomic E-state index is 5.27. The molecule has 164 valence electrons. The number of guanidine groups is 1. The Hall–Kier alpha value is -1.06. The van der Waals surface area contributed by atoms with E-state index in [-0.39, 0.29) is 24.0 Å². The van der Waals surface area contributed by atoms with E-state index in [1.54, 1.807) is 7.11 Å². The maximum atomic E-state index is 5.27.